The number of aryl methyl sites for hydroxylation is 2. The molecule has 4 heteroatoms. The molecule has 0 fully saturated rings. The van der Waals surface area contributed by atoms with Crippen LogP contribution in [0.25, 0.3) is 0 Å². The third-order valence-electron chi connectivity index (χ3n) is 4.17. The minimum Gasteiger partial charge on any atom is -0.453 e. The van der Waals surface area contributed by atoms with Gasteiger partial charge in [-0.1, -0.05) is 49.4 Å². The molecule has 2 aromatic carbocycles. The van der Waals surface area contributed by atoms with E-state index in [1.165, 1.54) is 0 Å². The molecular weight excluding hydrogens is 314 g/mol. The maximum Gasteiger partial charge on any atom is 0.307 e. The second kappa shape index (κ2) is 8.47. The van der Waals surface area contributed by atoms with Crippen LogP contribution in [0.3, 0.4) is 0 Å². The van der Waals surface area contributed by atoms with E-state index in [1.54, 1.807) is 6.92 Å². The maximum atomic E-state index is 12.3. The average Bonchev–Trinajstić information content (AvgIpc) is 2.58. The molecule has 4 nitrogen and oxygen atoms in total. The number of nitrogens with one attached hydrogen (secondary N) is 1. The van der Waals surface area contributed by atoms with Crippen molar-refractivity contribution < 1.29 is 14.3 Å². The third kappa shape index (κ3) is 5.45. The zero-order valence-corrected chi connectivity index (χ0v) is 15.2. The van der Waals surface area contributed by atoms with Crippen molar-refractivity contribution in [2.24, 2.45) is 0 Å². The van der Waals surface area contributed by atoms with E-state index in [2.05, 4.69) is 5.32 Å². The highest BCUT2D eigenvalue weighted by Crippen LogP contribution is 2.20. The van der Waals surface area contributed by atoms with Gasteiger partial charge in [0.2, 0.25) is 0 Å². The predicted octanol–water partition coefficient (Wildman–Crippen LogP) is 4.37. The molecular formula is C21H25NO3. The normalized spacial score (nSPS) is 13.0. The standard InChI is InChI=1S/C21H25NO3/c1-14-10-11-15(2)19(12-14)22-21(24)17(4)25-20(23)13-16(3)18-8-6-5-7-9-18/h5-12,16-17H,13H2,1-4H3,(H,22,24)/t16-,17-/m1/s1. The van der Waals surface area contributed by atoms with Crippen molar-refractivity contribution in [3.05, 3.63) is 65.2 Å². The first-order valence-corrected chi connectivity index (χ1v) is 8.49. The highest BCUT2D eigenvalue weighted by atomic mass is 16.5. The Morgan fingerprint density at radius 3 is 2.40 bits per heavy atom. The van der Waals surface area contributed by atoms with Crippen molar-refractivity contribution in [2.45, 2.75) is 46.1 Å². The SMILES string of the molecule is Cc1ccc(C)c(NC(=O)[C@@H](C)OC(=O)C[C@@H](C)c2ccccc2)c1. The zero-order valence-electron chi connectivity index (χ0n) is 15.2. The van der Waals surface area contributed by atoms with Gasteiger partial charge in [0.25, 0.3) is 5.91 Å². The summed E-state index contributed by atoms with van der Waals surface area (Å²) in [5.41, 5.74) is 3.84. The van der Waals surface area contributed by atoms with Gasteiger partial charge in [0.05, 0.1) is 6.42 Å². The first-order valence-electron chi connectivity index (χ1n) is 8.49. The molecule has 132 valence electrons. The third-order valence-corrected chi connectivity index (χ3v) is 4.17. The summed E-state index contributed by atoms with van der Waals surface area (Å²) in [4.78, 5) is 24.4. The Hall–Kier alpha value is -2.62. The highest BCUT2D eigenvalue weighted by molar-refractivity contribution is 5.95. The summed E-state index contributed by atoms with van der Waals surface area (Å²) >= 11 is 0. The van der Waals surface area contributed by atoms with Gasteiger partial charge in [0.15, 0.2) is 6.10 Å². The molecule has 0 unspecified atom stereocenters. The minimum atomic E-state index is -0.838. The number of hydrogen-bond donors (Lipinski definition) is 1. The lowest BCUT2D eigenvalue weighted by molar-refractivity contribution is -0.153. The molecule has 0 aliphatic carbocycles. The van der Waals surface area contributed by atoms with E-state index in [1.807, 2.05) is 69.3 Å². The monoisotopic (exact) mass is 339 g/mol. The summed E-state index contributed by atoms with van der Waals surface area (Å²) in [6, 6.07) is 15.6. The number of esters is 1. The fourth-order valence-corrected chi connectivity index (χ4v) is 2.55. The molecule has 0 aliphatic heterocycles. The van der Waals surface area contributed by atoms with Crippen LogP contribution in [0.4, 0.5) is 5.69 Å². The van der Waals surface area contributed by atoms with Gasteiger partial charge >= 0.3 is 5.97 Å². The molecule has 2 rings (SSSR count). The summed E-state index contributed by atoms with van der Waals surface area (Å²) in [6.07, 6.45) is -0.596. The summed E-state index contributed by atoms with van der Waals surface area (Å²) in [7, 11) is 0. The van der Waals surface area contributed by atoms with Gasteiger partial charge in [-0.3, -0.25) is 9.59 Å². The van der Waals surface area contributed by atoms with Crippen molar-refractivity contribution in [1.29, 1.82) is 0 Å². The molecule has 0 heterocycles. The molecule has 0 saturated carbocycles. The molecule has 0 bridgehead atoms. The molecule has 0 aliphatic rings. The van der Waals surface area contributed by atoms with Crippen LogP contribution in [0.15, 0.2) is 48.5 Å². The van der Waals surface area contributed by atoms with Crippen molar-refractivity contribution in [1.82, 2.24) is 0 Å². The largest absolute Gasteiger partial charge is 0.453 e. The lowest BCUT2D eigenvalue weighted by Gasteiger charge is -2.17. The molecule has 0 spiro atoms. The van der Waals surface area contributed by atoms with Gasteiger partial charge in [-0.15, -0.1) is 0 Å². The summed E-state index contributed by atoms with van der Waals surface area (Å²) < 4.78 is 5.30. The van der Waals surface area contributed by atoms with Gasteiger partial charge in [-0.25, -0.2) is 0 Å². The number of anilines is 1. The van der Waals surface area contributed by atoms with Crippen LogP contribution in [0.1, 0.15) is 42.9 Å². The number of benzene rings is 2. The van der Waals surface area contributed by atoms with Crippen LogP contribution in [0.5, 0.6) is 0 Å². The number of carbonyl (C=O) groups is 2. The molecule has 0 saturated heterocycles. The number of hydrogen-bond acceptors (Lipinski definition) is 3. The van der Waals surface area contributed by atoms with E-state index >= 15 is 0 Å². The quantitative estimate of drug-likeness (QED) is 0.795. The predicted molar refractivity (Wildman–Crippen MR) is 99.6 cm³/mol. The molecule has 0 radical (unpaired) electrons. The zero-order chi connectivity index (χ0) is 18.4. The van der Waals surface area contributed by atoms with Gasteiger partial charge in [0.1, 0.15) is 0 Å². The molecule has 0 aromatic heterocycles. The molecule has 1 N–H and O–H groups in total. The first-order chi connectivity index (χ1) is 11.9. The van der Waals surface area contributed by atoms with Crippen LogP contribution < -0.4 is 5.32 Å². The summed E-state index contributed by atoms with van der Waals surface area (Å²) in [5, 5.41) is 2.83. The van der Waals surface area contributed by atoms with E-state index < -0.39 is 6.10 Å². The van der Waals surface area contributed by atoms with Crippen LogP contribution in [0, 0.1) is 13.8 Å². The Balaban J connectivity index is 1.90. The van der Waals surface area contributed by atoms with E-state index in [-0.39, 0.29) is 24.2 Å². The average molecular weight is 339 g/mol. The van der Waals surface area contributed by atoms with E-state index in [9.17, 15) is 9.59 Å². The van der Waals surface area contributed by atoms with Crippen molar-refractivity contribution in [3.8, 4) is 0 Å². The van der Waals surface area contributed by atoms with Crippen LogP contribution in [0.2, 0.25) is 0 Å². The fourth-order valence-electron chi connectivity index (χ4n) is 2.55. The van der Waals surface area contributed by atoms with Crippen molar-refractivity contribution in [3.63, 3.8) is 0 Å². The van der Waals surface area contributed by atoms with Gasteiger partial charge < -0.3 is 10.1 Å². The lowest BCUT2D eigenvalue weighted by atomic mass is 9.98. The maximum absolute atomic E-state index is 12.3. The number of ether oxygens (including phenoxy) is 1. The van der Waals surface area contributed by atoms with Gasteiger partial charge in [0, 0.05) is 5.69 Å². The second-order valence-electron chi connectivity index (χ2n) is 6.46. The first kappa shape index (κ1) is 18.7. The Kier molecular flexibility index (Phi) is 6.34. The fraction of sp³-hybridized carbons (Fsp3) is 0.333. The van der Waals surface area contributed by atoms with E-state index in [4.69, 9.17) is 4.74 Å². The van der Waals surface area contributed by atoms with E-state index in [0.717, 1.165) is 22.4 Å². The summed E-state index contributed by atoms with van der Waals surface area (Å²) in [5.74, 6) is -0.655. The van der Waals surface area contributed by atoms with Gasteiger partial charge in [-0.05, 0) is 49.4 Å². The molecule has 1 amide bonds. The van der Waals surface area contributed by atoms with E-state index in [0.29, 0.717) is 0 Å². The summed E-state index contributed by atoms with van der Waals surface area (Å²) in [6.45, 7) is 7.44. The van der Waals surface area contributed by atoms with Crippen LogP contribution in [-0.4, -0.2) is 18.0 Å². The lowest BCUT2D eigenvalue weighted by Crippen LogP contribution is -2.30. The van der Waals surface area contributed by atoms with Gasteiger partial charge in [-0.2, -0.15) is 0 Å². The Labute approximate surface area is 149 Å². The Morgan fingerprint density at radius 1 is 1.04 bits per heavy atom. The number of amides is 1. The molecule has 2 atom stereocenters. The number of rotatable bonds is 6. The van der Waals surface area contributed by atoms with Crippen molar-refractivity contribution >= 4 is 17.6 Å². The molecule has 2 aromatic rings. The molecule has 25 heavy (non-hydrogen) atoms. The van der Waals surface area contributed by atoms with Crippen LogP contribution >= 0.6 is 0 Å². The minimum absolute atomic E-state index is 0.0444. The van der Waals surface area contributed by atoms with Crippen molar-refractivity contribution in [2.75, 3.05) is 5.32 Å². The Bertz CT molecular complexity index is 740. The smallest absolute Gasteiger partial charge is 0.307 e. The topological polar surface area (TPSA) is 55.4 Å². The second-order valence-corrected chi connectivity index (χ2v) is 6.46. The highest BCUT2D eigenvalue weighted by Gasteiger charge is 2.20. The Morgan fingerprint density at radius 2 is 1.72 bits per heavy atom. The van der Waals surface area contributed by atoms with Crippen LogP contribution in [-0.2, 0) is 14.3 Å². The number of carbonyl (C=O) groups excluding carboxylic acids is 2.